The van der Waals surface area contributed by atoms with E-state index in [-0.39, 0.29) is 30.5 Å². The van der Waals surface area contributed by atoms with Gasteiger partial charge in [-0.25, -0.2) is 0 Å². The fourth-order valence-corrected chi connectivity index (χ4v) is 1.74. The maximum absolute atomic E-state index is 9.28. The second kappa shape index (κ2) is 5.67. The molecule has 0 aliphatic heterocycles. The van der Waals surface area contributed by atoms with Gasteiger partial charge in [-0.15, -0.1) is 12.4 Å². The van der Waals surface area contributed by atoms with Gasteiger partial charge in [0.1, 0.15) is 0 Å². The lowest BCUT2D eigenvalue weighted by Crippen LogP contribution is -2.32. The molecule has 0 radical (unpaired) electrons. The van der Waals surface area contributed by atoms with E-state index in [1.807, 2.05) is 13.8 Å². The van der Waals surface area contributed by atoms with Crippen molar-refractivity contribution in [2.24, 2.45) is 11.1 Å². The number of nitrogens with two attached hydrogens (primary N) is 1. The molecule has 3 heteroatoms. The largest absolute Gasteiger partial charge is 0.396 e. The van der Waals surface area contributed by atoms with Crippen LogP contribution in [0, 0.1) is 19.3 Å². The van der Waals surface area contributed by atoms with E-state index in [9.17, 15) is 5.11 Å². The average Bonchev–Trinajstić information content (AvgIpc) is 2.15. The summed E-state index contributed by atoms with van der Waals surface area (Å²) in [7, 11) is 0. The number of halogens is 1. The molecule has 1 atom stereocenters. The zero-order valence-electron chi connectivity index (χ0n) is 10.4. The fraction of sp³-hybridized carbons (Fsp3) is 0.538. The minimum Gasteiger partial charge on any atom is -0.396 e. The third kappa shape index (κ3) is 3.48. The molecule has 0 aliphatic rings. The number of hydrogen-bond donors (Lipinski definition) is 2. The molecule has 0 unspecified atom stereocenters. The monoisotopic (exact) mass is 243 g/mol. The van der Waals surface area contributed by atoms with Crippen LogP contribution in [0.4, 0.5) is 0 Å². The molecule has 1 rings (SSSR count). The van der Waals surface area contributed by atoms with Crippen molar-refractivity contribution < 1.29 is 5.11 Å². The molecule has 92 valence electrons. The van der Waals surface area contributed by atoms with Gasteiger partial charge in [-0.05, 0) is 19.4 Å². The molecule has 0 bridgehead atoms. The number of benzene rings is 1. The Morgan fingerprint density at radius 1 is 1.19 bits per heavy atom. The van der Waals surface area contributed by atoms with Crippen LogP contribution in [0.2, 0.25) is 0 Å². The van der Waals surface area contributed by atoms with Crippen LogP contribution in [0.3, 0.4) is 0 Å². The first-order chi connectivity index (χ1) is 6.86. The van der Waals surface area contributed by atoms with Gasteiger partial charge in [0.15, 0.2) is 0 Å². The van der Waals surface area contributed by atoms with Crippen LogP contribution in [0.15, 0.2) is 18.2 Å². The minimum absolute atomic E-state index is 0. The molecule has 0 spiro atoms. The van der Waals surface area contributed by atoms with Gasteiger partial charge in [-0.1, -0.05) is 43.2 Å². The van der Waals surface area contributed by atoms with Gasteiger partial charge < -0.3 is 10.8 Å². The number of aryl methyl sites for hydroxylation is 2. The lowest BCUT2D eigenvalue weighted by atomic mass is 9.81. The molecule has 0 aromatic heterocycles. The Hall–Kier alpha value is -0.570. The predicted molar refractivity (Wildman–Crippen MR) is 71.0 cm³/mol. The summed E-state index contributed by atoms with van der Waals surface area (Å²) < 4.78 is 0. The van der Waals surface area contributed by atoms with Crippen molar-refractivity contribution in [3.8, 4) is 0 Å². The summed E-state index contributed by atoms with van der Waals surface area (Å²) in [4.78, 5) is 0. The predicted octanol–water partition coefficient (Wildman–Crippen LogP) is 2.74. The summed E-state index contributed by atoms with van der Waals surface area (Å²) in [5, 5.41) is 9.28. The van der Waals surface area contributed by atoms with Crippen LogP contribution in [-0.2, 0) is 0 Å². The van der Waals surface area contributed by atoms with Crippen molar-refractivity contribution >= 4 is 12.4 Å². The molecule has 0 saturated heterocycles. The summed E-state index contributed by atoms with van der Waals surface area (Å²) in [6.07, 6.45) is 0. The third-order valence-electron chi connectivity index (χ3n) is 2.85. The van der Waals surface area contributed by atoms with E-state index in [1.54, 1.807) is 0 Å². The second-order valence-corrected chi connectivity index (χ2v) is 5.05. The summed E-state index contributed by atoms with van der Waals surface area (Å²) in [6, 6.07) is 6.19. The first kappa shape index (κ1) is 15.4. The maximum Gasteiger partial charge on any atom is 0.0500 e. The van der Waals surface area contributed by atoms with Gasteiger partial charge in [0.05, 0.1) is 0 Å². The second-order valence-electron chi connectivity index (χ2n) is 5.05. The highest BCUT2D eigenvalue weighted by molar-refractivity contribution is 5.85. The van der Waals surface area contributed by atoms with E-state index in [4.69, 9.17) is 5.73 Å². The van der Waals surface area contributed by atoms with Crippen LogP contribution in [0.5, 0.6) is 0 Å². The molecule has 16 heavy (non-hydrogen) atoms. The Kier molecular flexibility index (Phi) is 5.47. The molecule has 0 saturated carbocycles. The molecule has 1 aromatic rings. The quantitative estimate of drug-likeness (QED) is 0.858. The normalized spacial score (nSPS) is 13.1. The number of rotatable bonds is 3. The van der Waals surface area contributed by atoms with Crippen LogP contribution >= 0.6 is 12.4 Å². The molecule has 1 aromatic carbocycles. The number of aliphatic hydroxyl groups excluding tert-OH is 1. The van der Waals surface area contributed by atoms with Gasteiger partial charge in [0, 0.05) is 18.1 Å². The van der Waals surface area contributed by atoms with Crippen LogP contribution in [0.1, 0.15) is 36.6 Å². The highest BCUT2D eigenvalue weighted by Gasteiger charge is 2.26. The average molecular weight is 244 g/mol. The highest BCUT2D eigenvalue weighted by Crippen LogP contribution is 2.31. The zero-order valence-corrected chi connectivity index (χ0v) is 11.3. The first-order valence-corrected chi connectivity index (χ1v) is 5.31. The molecule has 0 aliphatic carbocycles. The molecule has 3 N–H and O–H groups in total. The molecule has 0 fully saturated rings. The van der Waals surface area contributed by atoms with E-state index >= 15 is 0 Å². The van der Waals surface area contributed by atoms with Crippen LogP contribution < -0.4 is 5.73 Å². The first-order valence-electron chi connectivity index (χ1n) is 5.31. The van der Waals surface area contributed by atoms with Crippen molar-refractivity contribution in [1.29, 1.82) is 0 Å². The molecule has 2 nitrogen and oxygen atoms in total. The van der Waals surface area contributed by atoms with E-state index in [1.165, 1.54) is 11.1 Å². The lowest BCUT2D eigenvalue weighted by Gasteiger charge is -2.30. The smallest absolute Gasteiger partial charge is 0.0500 e. The van der Waals surface area contributed by atoms with Crippen molar-refractivity contribution in [1.82, 2.24) is 0 Å². The Morgan fingerprint density at radius 3 is 2.00 bits per heavy atom. The standard InChI is InChI=1S/C13H21NO.ClH/c1-9-5-10(2)7-11(6-9)12(14)13(3,4)8-15;/h5-7,12,15H,8,14H2,1-4H3;1H/t12-;/m1./s1. The van der Waals surface area contributed by atoms with Gasteiger partial charge in [0.25, 0.3) is 0 Å². The van der Waals surface area contributed by atoms with Gasteiger partial charge in [-0.3, -0.25) is 0 Å². The minimum atomic E-state index is -0.278. The van der Waals surface area contributed by atoms with E-state index in [2.05, 4.69) is 32.0 Å². The molecular formula is C13H22ClNO. The van der Waals surface area contributed by atoms with Crippen LogP contribution in [-0.4, -0.2) is 11.7 Å². The highest BCUT2D eigenvalue weighted by atomic mass is 35.5. The topological polar surface area (TPSA) is 46.2 Å². The zero-order chi connectivity index (χ0) is 11.6. The van der Waals surface area contributed by atoms with Crippen molar-refractivity contribution in [3.63, 3.8) is 0 Å². The van der Waals surface area contributed by atoms with E-state index < -0.39 is 0 Å². The Labute approximate surface area is 104 Å². The Balaban J connectivity index is 0.00000225. The van der Waals surface area contributed by atoms with Gasteiger partial charge in [-0.2, -0.15) is 0 Å². The van der Waals surface area contributed by atoms with Gasteiger partial charge >= 0.3 is 0 Å². The summed E-state index contributed by atoms with van der Waals surface area (Å²) in [5.74, 6) is 0. The molecule has 0 amide bonds. The molecular weight excluding hydrogens is 222 g/mol. The van der Waals surface area contributed by atoms with Crippen LogP contribution in [0.25, 0.3) is 0 Å². The van der Waals surface area contributed by atoms with Crippen molar-refractivity contribution in [2.45, 2.75) is 33.7 Å². The summed E-state index contributed by atoms with van der Waals surface area (Å²) >= 11 is 0. The SMILES string of the molecule is Cc1cc(C)cc([C@@H](N)C(C)(C)CO)c1.Cl. The lowest BCUT2D eigenvalue weighted by molar-refractivity contribution is 0.132. The Bertz CT molecular complexity index is 330. The van der Waals surface area contributed by atoms with Crippen molar-refractivity contribution in [2.75, 3.05) is 6.61 Å². The van der Waals surface area contributed by atoms with E-state index in [0.29, 0.717) is 0 Å². The molecule has 0 heterocycles. The van der Waals surface area contributed by atoms with Crippen molar-refractivity contribution in [3.05, 3.63) is 34.9 Å². The fourth-order valence-electron chi connectivity index (χ4n) is 1.74. The van der Waals surface area contributed by atoms with Gasteiger partial charge in [0.2, 0.25) is 0 Å². The third-order valence-corrected chi connectivity index (χ3v) is 2.85. The van der Waals surface area contributed by atoms with E-state index in [0.717, 1.165) is 5.56 Å². The summed E-state index contributed by atoms with van der Waals surface area (Å²) in [6.45, 7) is 8.19. The maximum atomic E-state index is 9.28. The Morgan fingerprint density at radius 2 is 1.62 bits per heavy atom. The summed E-state index contributed by atoms with van der Waals surface area (Å²) in [5.41, 5.74) is 9.42. The number of hydrogen-bond acceptors (Lipinski definition) is 2. The number of aliphatic hydroxyl groups is 1.